The molecule has 1 heterocycles. The molecular weight excluding hydrogens is 247 g/mol. The number of ether oxygens (including phenoxy) is 1. The van der Waals surface area contributed by atoms with Gasteiger partial charge in [-0.15, -0.1) is 0 Å². The Hall–Kier alpha value is -1.79. The molecule has 0 amide bonds. The first-order chi connectivity index (χ1) is 8.21. The predicted octanol–water partition coefficient (Wildman–Crippen LogP) is 2.42. The average Bonchev–Trinajstić information content (AvgIpc) is 2.24. The molecule has 0 radical (unpaired) electrons. The van der Waals surface area contributed by atoms with E-state index in [0.717, 1.165) is 12.1 Å². The summed E-state index contributed by atoms with van der Waals surface area (Å²) in [5.41, 5.74) is 4.26. The highest BCUT2D eigenvalue weighted by atomic mass is 19.4. The van der Waals surface area contributed by atoms with Gasteiger partial charge in [0.2, 0.25) is 5.88 Å². The number of halogens is 3. The minimum absolute atomic E-state index is 0.0589. The first kappa shape index (κ1) is 14.3. The van der Waals surface area contributed by atoms with Gasteiger partial charge in [-0.2, -0.15) is 13.2 Å². The van der Waals surface area contributed by atoms with Gasteiger partial charge in [-0.1, -0.05) is 13.8 Å². The molecule has 1 aromatic rings. The Morgan fingerprint density at radius 1 is 1.44 bits per heavy atom. The zero-order valence-corrected chi connectivity index (χ0v) is 10.0. The molecule has 1 aromatic heterocycles. The highest BCUT2D eigenvalue weighted by Crippen LogP contribution is 2.30. The third kappa shape index (κ3) is 3.61. The molecule has 18 heavy (non-hydrogen) atoms. The van der Waals surface area contributed by atoms with Gasteiger partial charge in [0.1, 0.15) is 11.5 Å². The van der Waals surface area contributed by atoms with Crippen LogP contribution in [0, 0.1) is 11.3 Å². The van der Waals surface area contributed by atoms with Crippen molar-refractivity contribution in [3.05, 3.63) is 23.4 Å². The number of hydrogen-bond donors (Lipinski definition) is 2. The molecular formula is C11H14F3N3O. The van der Waals surface area contributed by atoms with Crippen molar-refractivity contribution in [3.8, 4) is 5.88 Å². The highest BCUT2D eigenvalue weighted by Gasteiger charge is 2.33. The summed E-state index contributed by atoms with van der Waals surface area (Å²) in [5.74, 6) is -0.512. The van der Waals surface area contributed by atoms with Crippen LogP contribution >= 0.6 is 0 Å². The summed E-state index contributed by atoms with van der Waals surface area (Å²) in [4.78, 5) is 3.37. The van der Waals surface area contributed by atoms with Crippen molar-refractivity contribution in [2.75, 3.05) is 6.61 Å². The minimum atomic E-state index is -4.55. The maximum Gasteiger partial charge on any atom is 0.433 e. The topological polar surface area (TPSA) is 72.0 Å². The van der Waals surface area contributed by atoms with E-state index in [9.17, 15) is 13.2 Å². The molecule has 4 nitrogen and oxygen atoms in total. The zero-order chi connectivity index (χ0) is 13.9. The molecule has 0 atom stereocenters. The van der Waals surface area contributed by atoms with Crippen molar-refractivity contribution in [2.24, 2.45) is 11.7 Å². The molecule has 0 aliphatic rings. The summed E-state index contributed by atoms with van der Waals surface area (Å²) in [7, 11) is 0. The maximum atomic E-state index is 12.5. The van der Waals surface area contributed by atoms with Crippen LogP contribution in [0.1, 0.15) is 25.1 Å². The Kier molecular flexibility index (Phi) is 4.15. The lowest BCUT2D eigenvalue weighted by Gasteiger charge is -2.13. The van der Waals surface area contributed by atoms with Crippen LogP contribution in [0.25, 0.3) is 0 Å². The molecule has 0 aromatic carbocycles. The number of amidine groups is 1. The molecule has 0 spiro atoms. The molecule has 0 fully saturated rings. The van der Waals surface area contributed by atoms with E-state index in [0.29, 0.717) is 0 Å². The van der Waals surface area contributed by atoms with Gasteiger partial charge in [0, 0.05) is 0 Å². The third-order valence-electron chi connectivity index (χ3n) is 1.99. The Morgan fingerprint density at radius 3 is 2.50 bits per heavy atom. The van der Waals surface area contributed by atoms with Crippen LogP contribution in [0.3, 0.4) is 0 Å². The average molecular weight is 261 g/mol. The maximum absolute atomic E-state index is 12.5. The molecule has 0 saturated carbocycles. The van der Waals surface area contributed by atoms with Crippen LogP contribution in [0.2, 0.25) is 0 Å². The van der Waals surface area contributed by atoms with Gasteiger partial charge in [0.15, 0.2) is 0 Å². The lowest BCUT2D eigenvalue weighted by molar-refractivity contribution is -0.141. The molecule has 7 heteroatoms. The normalized spacial score (nSPS) is 11.7. The number of nitrogens with two attached hydrogens (primary N) is 1. The molecule has 100 valence electrons. The van der Waals surface area contributed by atoms with E-state index in [1.807, 2.05) is 13.8 Å². The number of nitrogens with one attached hydrogen (secondary N) is 1. The number of nitrogens with zero attached hydrogens (tertiary/aromatic N) is 1. The van der Waals surface area contributed by atoms with Gasteiger partial charge in [-0.3, -0.25) is 5.41 Å². The fourth-order valence-electron chi connectivity index (χ4n) is 1.16. The summed E-state index contributed by atoms with van der Waals surface area (Å²) in [6, 6.07) is 1.87. The fraction of sp³-hybridized carbons (Fsp3) is 0.455. The standard InChI is InChI=1S/C11H14F3N3O/c1-6(2)5-18-10-7(9(15)16)3-4-8(17-10)11(12,13)14/h3-4,6H,5H2,1-2H3,(H3,15,16). The van der Waals surface area contributed by atoms with Crippen LogP contribution in [0.15, 0.2) is 12.1 Å². The number of aromatic nitrogens is 1. The van der Waals surface area contributed by atoms with Crippen LogP contribution in [-0.4, -0.2) is 17.4 Å². The molecule has 0 saturated heterocycles. The Balaban J connectivity index is 3.12. The Morgan fingerprint density at radius 2 is 2.06 bits per heavy atom. The van der Waals surface area contributed by atoms with Crippen molar-refractivity contribution < 1.29 is 17.9 Å². The first-order valence-corrected chi connectivity index (χ1v) is 5.27. The van der Waals surface area contributed by atoms with Gasteiger partial charge in [0.05, 0.1) is 12.2 Å². The monoisotopic (exact) mass is 261 g/mol. The fourth-order valence-corrected chi connectivity index (χ4v) is 1.16. The molecule has 0 aliphatic carbocycles. The van der Waals surface area contributed by atoms with Gasteiger partial charge in [0.25, 0.3) is 0 Å². The van der Waals surface area contributed by atoms with E-state index in [2.05, 4.69) is 4.98 Å². The van der Waals surface area contributed by atoms with E-state index in [-0.39, 0.29) is 29.8 Å². The second-order valence-corrected chi connectivity index (χ2v) is 4.17. The van der Waals surface area contributed by atoms with Crippen molar-refractivity contribution in [1.29, 1.82) is 5.41 Å². The lowest BCUT2D eigenvalue weighted by Crippen LogP contribution is -2.18. The predicted molar refractivity (Wildman–Crippen MR) is 60.6 cm³/mol. The molecule has 0 unspecified atom stereocenters. The van der Waals surface area contributed by atoms with Crippen LogP contribution in [-0.2, 0) is 6.18 Å². The van der Waals surface area contributed by atoms with Crippen LogP contribution < -0.4 is 10.5 Å². The summed E-state index contributed by atoms with van der Waals surface area (Å²) < 4.78 is 42.7. The summed E-state index contributed by atoms with van der Waals surface area (Å²) >= 11 is 0. The van der Waals surface area contributed by atoms with Gasteiger partial charge >= 0.3 is 6.18 Å². The number of nitrogen functional groups attached to an aromatic ring is 1. The largest absolute Gasteiger partial charge is 0.477 e. The summed E-state index contributed by atoms with van der Waals surface area (Å²) in [6.45, 7) is 3.90. The van der Waals surface area contributed by atoms with E-state index in [1.54, 1.807) is 0 Å². The number of hydrogen-bond acceptors (Lipinski definition) is 3. The number of pyridine rings is 1. The van der Waals surface area contributed by atoms with Crippen molar-refractivity contribution in [2.45, 2.75) is 20.0 Å². The Bertz CT molecular complexity index is 444. The van der Waals surface area contributed by atoms with E-state index in [1.165, 1.54) is 0 Å². The van der Waals surface area contributed by atoms with Crippen molar-refractivity contribution >= 4 is 5.84 Å². The van der Waals surface area contributed by atoms with Crippen LogP contribution in [0.5, 0.6) is 5.88 Å². The third-order valence-corrected chi connectivity index (χ3v) is 1.99. The first-order valence-electron chi connectivity index (χ1n) is 5.27. The number of alkyl halides is 3. The SMILES string of the molecule is CC(C)COc1nc(C(F)(F)F)ccc1C(=N)N. The van der Waals surface area contributed by atoms with Gasteiger partial charge in [-0.25, -0.2) is 4.98 Å². The van der Waals surface area contributed by atoms with Crippen molar-refractivity contribution in [1.82, 2.24) is 4.98 Å². The molecule has 0 aliphatic heterocycles. The van der Waals surface area contributed by atoms with E-state index in [4.69, 9.17) is 15.9 Å². The number of rotatable bonds is 4. The van der Waals surface area contributed by atoms with Crippen molar-refractivity contribution in [3.63, 3.8) is 0 Å². The van der Waals surface area contributed by atoms with Crippen LogP contribution in [0.4, 0.5) is 13.2 Å². The zero-order valence-electron chi connectivity index (χ0n) is 10.0. The summed E-state index contributed by atoms with van der Waals surface area (Å²) in [6.07, 6.45) is -4.55. The van der Waals surface area contributed by atoms with Gasteiger partial charge in [-0.05, 0) is 18.1 Å². The smallest absolute Gasteiger partial charge is 0.433 e. The highest BCUT2D eigenvalue weighted by molar-refractivity contribution is 5.97. The summed E-state index contributed by atoms with van der Waals surface area (Å²) in [5, 5.41) is 7.26. The Labute approximate surface area is 102 Å². The minimum Gasteiger partial charge on any atom is -0.477 e. The second-order valence-electron chi connectivity index (χ2n) is 4.17. The molecule has 0 bridgehead atoms. The second kappa shape index (κ2) is 5.24. The van der Waals surface area contributed by atoms with E-state index < -0.39 is 11.9 Å². The molecule has 3 N–H and O–H groups in total. The molecule has 1 rings (SSSR count). The lowest BCUT2D eigenvalue weighted by atomic mass is 10.2. The quantitative estimate of drug-likeness (QED) is 0.645. The van der Waals surface area contributed by atoms with Gasteiger partial charge < -0.3 is 10.5 Å². The van der Waals surface area contributed by atoms with E-state index >= 15 is 0 Å².